The van der Waals surface area contributed by atoms with E-state index in [1.165, 1.54) is 12.1 Å². The van der Waals surface area contributed by atoms with Gasteiger partial charge in [0.1, 0.15) is 29.2 Å². The second kappa shape index (κ2) is 9.43. The average Bonchev–Trinajstić information content (AvgIpc) is 3.43. The van der Waals surface area contributed by atoms with E-state index < -0.39 is 5.82 Å². The van der Waals surface area contributed by atoms with Gasteiger partial charge in [-0.1, -0.05) is 6.92 Å². The Hall–Kier alpha value is -3.70. The Bertz CT molecular complexity index is 1210. The summed E-state index contributed by atoms with van der Waals surface area (Å²) in [5, 5.41) is 12.5. The fourth-order valence-electron chi connectivity index (χ4n) is 4.28. The first-order chi connectivity index (χ1) is 16.0. The molecule has 1 aromatic heterocycles. The highest BCUT2D eigenvalue weighted by atomic mass is 19.1. The van der Waals surface area contributed by atoms with Crippen LogP contribution in [0.3, 0.4) is 0 Å². The molecule has 1 fully saturated rings. The van der Waals surface area contributed by atoms with Crippen LogP contribution in [0.2, 0.25) is 0 Å². The van der Waals surface area contributed by atoms with Crippen LogP contribution in [0.15, 0.2) is 42.5 Å². The van der Waals surface area contributed by atoms with Crippen molar-refractivity contribution in [1.82, 2.24) is 19.8 Å². The zero-order valence-electron chi connectivity index (χ0n) is 18.9. The van der Waals surface area contributed by atoms with E-state index in [1.54, 1.807) is 13.2 Å². The second-order valence-electron chi connectivity index (χ2n) is 7.92. The molecule has 0 aliphatic carbocycles. The van der Waals surface area contributed by atoms with Gasteiger partial charge in [-0.25, -0.2) is 9.37 Å². The van der Waals surface area contributed by atoms with Crippen LogP contribution < -0.4 is 10.1 Å². The first-order valence-corrected chi connectivity index (χ1v) is 11.0. The summed E-state index contributed by atoms with van der Waals surface area (Å²) in [6.45, 7) is 5.28. The third kappa shape index (κ3) is 4.20. The lowest BCUT2D eigenvalue weighted by Crippen LogP contribution is -2.44. The van der Waals surface area contributed by atoms with Gasteiger partial charge in [-0.2, -0.15) is 5.26 Å². The monoisotopic (exact) mass is 447 g/mol. The molecule has 1 aliphatic heterocycles. The van der Waals surface area contributed by atoms with Crippen LogP contribution in [0, 0.1) is 24.1 Å². The Labute approximate surface area is 192 Å². The van der Waals surface area contributed by atoms with Gasteiger partial charge in [-0.3, -0.25) is 14.7 Å². The van der Waals surface area contributed by atoms with Crippen LogP contribution in [0.5, 0.6) is 5.75 Å². The average molecular weight is 448 g/mol. The Morgan fingerprint density at radius 2 is 2.06 bits per heavy atom. The molecule has 0 saturated carbocycles. The Morgan fingerprint density at radius 3 is 2.70 bits per heavy atom. The summed E-state index contributed by atoms with van der Waals surface area (Å²) in [7, 11) is 1.59. The van der Waals surface area contributed by atoms with E-state index in [4.69, 9.17) is 15.0 Å². The molecule has 170 valence electrons. The van der Waals surface area contributed by atoms with Crippen molar-refractivity contribution in [2.24, 2.45) is 0 Å². The number of nitriles is 1. The Kier molecular flexibility index (Phi) is 6.43. The number of methoxy groups -OCH3 is 1. The highest BCUT2D eigenvalue weighted by molar-refractivity contribution is 5.95. The third-order valence-electron chi connectivity index (χ3n) is 5.94. The van der Waals surface area contributed by atoms with Gasteiger partial charge in [0.15, 0.2) is 0 Å². The van der Waals surface area contributed by atoms with Crippen molar-refractivity contribution in [3.63, 3.8) is 0 Å². The molecule has 33 heavy (non-hydrogen) atoms. The summed E-state index contributed by atoms with van der Waals surface area (Å²) < 4.78 is 21.6. The van der Waals surface area contributed by atoms with Crippen molar-refractivity contribution in [1.29, 1.82) is 5.26 Å². The summed E-state index contributed by atoms with van der Waals surface area (Å²) in [4.78, 5) is 20.0. The summed E-state index contributed by atoms with van der Waals surface area (Å²) >= 11 is 0. The molecule has 4 rings (SSSR count). The van der Waals surface area contributed by atoms with Crippen LogP contribution in [0.4, 0.5) is 4.39 Å². The van der Waals surface area contributed by atoms with Crippen LogP contribution in [0.25, 0.3) is 17.1 Å². The number of carbonyl (C=O) groups is 1. The number of hydrogen-bond acceptors (Lipinski definition) is 5. The fraction of sp³-hybridized carbons (Fsp3) is 0.320. The number of amides is 1. The molecule has 1 amide bonds. The SMILES string of the molecule is CCNC1CCCN1C(=O)c1nc(-c2ccc(C#N)c(F)c2)n(-c2ccc(OC)cc2)c1C. The number of aromatic nitrogens is 2. The molecule has 1 unspecified atom stereocenters. The van der Waals surface area contributed by atoms with Crippen LogP contribution in [0.1, 0.15) is 41.5 Å². The minimum Gasteiger partial charge on any atom is -0.497 e. The molecule has 2 heterocycles. The fourth-order valence-corrected chi connectivity index (χ4v) is 4.28. The van der Waals surface area contributed by atoms with Gasteiger partial charge < -0.3 is 9.64 Å². The number of benzene rings is 2. The van der Waals surface area contributed by atoms with Gasteiger partial charge in [0.25, 0.3) is 5.91 Å². The smallest absolute Gasteiger partial charge is 0.275 e. The minimum atomic E-state index is -0.628. The quantitative estimate of drug-likeness (QED) is 0.617. The molecule has 8 heteroatoms. The van der Waals surface area contributed by atoms with Crippen molar-refractivity contribution in [3.05, 3.63) is 65.2 Å². The molecule has 1 N–H and O–H groups in total. The topological polar surface area (TPSA) is 83.2 Å². The van der Waals surface area contributed by atoms with E-state index in [9.17, 15) is 9.18 Å². The van der Waals surface area contributed by atoms with E-state index in [1.807, 2.05) is 53.6 Å². The molecule has 7 nitrogen and oxygen atoms in total. The largest absolute Gasteiger partial charge is 0.497 e. The molecular formula is C25H26FN5O2. The highest BCUT2D eigenvalue weighted by Gasteiger charge is 2.32. The predicted octanol–water partition coefficient (Wildman–Crippen LogP) is 4.04. The van der Waals surface area contributed by atoms with E-state index in [0.717, 1.165) is 25.1 Å². The lowest BCUT2D eigenvalue weighted by atomic mass is 10.1. The number of nitrogens with one attached hydrogen (secondary N) is 1. The maximum Gasteiger partial charge on any atom is 0.275 e. The molecule has 0 spiro atoms. The van der Waals surface area contributed by atoms with Crippen molar-refractivity contribution in [3.8, 4) is 28.9 Å². The predicted molar refractivity (Wildman–Crippen MR) is 123 cm³/mol. The van der Waals surface area contributed by atoms with Gasteiger partial charge in [0, 0.05) is 17.8 Å². The number of hydrogen-bond donors (Lipinski definition) is 1. The molecule has 1 saturated heterocycles. The van der Waals surface area contributed by atoms with E-state index in [2.05, 4.69) is 5.32 Å². The summed E-state index contributed by atoms with van der Waals surface area (Å²) in [5.41, 5.74) is 2.20. The zero-order chi connectivity index (χ0) is 23.5. The molecule has 0 bridgehead atoms. The van der Waals surface area contributed by atoms with E-state index in [-0.39, 0.29) is 17.6 Å². The van der Waals surface area contributed by atoms with Gasteiger partial charge >= 0.3 is 0 Å². The van der Waals surface area contributed by atoms with Crippen molar-refractivity contribution in [2.45, 2.75) is 32.9 Å². The van der Waals surface area contributed by atoms with Crippen LogP contribution in [-0.2, 0) is 0 Å². The number of ether oxygens (including phenoxy) is 1. The van der Waals surface area contributed by atoms with E-state index in [0.29, 0.717) is 35.1 Å². The summed E-state index contributed by atoms with van der Waals surface area (Å²) in [6, 6.07) is 13.6. The molecule has 3 aromatic rings. The molecule has 1 atom stereocenters. The standard InChI is InChI=1S/C25H26FN5O2/c1-4-28-22-6-5-13-30(22)25(32)23-16(2)31(19-9-11-20(33-3)12-10-19)24(29-23)17-7-8-18(15-27)21(26)14-17/h7-12,14,22,28H,4-6,13H2,1-3H3. The number of imidazole rings is 1. The van der Waals surface area contributed by atoms with Gasteiger partial charge in [0.05, 0.1) is 24.5 Å². The first-order valence-electron chi connectivity index (χ1n) is 11.0. The highest BCUT2D eigenvalue weighted by Crippen LogP contribution is 2.30. The maximum absolute atomic E-state index is 14.5. The molecule has 0 radical (unpaired) electrons. The number of halogens is 1. The molecule has 2 aromatic carbocycles. The van der Waals surface area contributed by atoms with Gasteiger partial charge in [-0.05, 0) is 68.8 Å². The number of rotatable bonds is 6. The summed E-state index contributed by atoms with van der Waals surface area (Å²) in [5.74, 6) is 0.350. The first kappa shape index (κ1) is 22.5. The lowest BCUT2D eigenvalue weighted by Gasteiger charge is -2.24. The second-order valence-corrected chi connectivity index (χ2v) is 7.92. The molecular weight excluding hydrogens is 421 g/mol. The van der Waals surface area contributed by atoms with Crippen molar-refractivity contribution in [2.75, 3.05) is 20.2 Å². The van der Waals surface area contributed by atoms with Crippen LogP contribution in [-0.4, -0.2) is 46.7 Å². The number of nitrogens with zero attached hydrogens (tertiary/aromatic N) is 4. The Morgan fingerprint density at radius 1 is 1.30 bits per heavy atom. The number of likely N-dealkylation sites (tertiary alicyclic amines) is 1. The molecule has 1 aliphatic rings. The van der Waals surface area contributed by atoms with Crippen molar-refractivity contribution >= 4 is 5.91 Å². The minimum absolute atomic E-state index is 0.0242. The number of carbonyl (C=O) groups excluding carboxylic acids is 1. The van der Waals surface area contributed by atoms with Crippen LogP contribution >= 0.6 is 0 Å². The lowest BCUT2D eigenvalue weighted by molar-refractivity contribution is 0.0707. The summed E-state index contributed by atoms with van der Waals surface area (Å²) in [6.07, 6.45) is 1.80. The van der Waals surface area contributed by atoms with Gasteiger partial charge in [-0.15, -0.1) is 0 Å². The van der Waals surface area contributed by atoms with E-state index >= 15 is 0 Å². The zero-order valence-corrected chi connectivity index (χ0v) is 18.9. The Balaban J connectivity index is 1.85. The third-order valence-corrected chi connectivity index (χ3v) is 5.94. The maximum atomic E-state index is 14.5. The van der Waals surface area contributed by atoms with Crippen molar-refractivity contribution < 1.29 is 13.9 Å². The normalized spacial score (nSPS) is 15.5. The van der Waals surface area contributed by atoms with Gasteiger partial charge in [0.2, 0.25) is 0 Å².